The molecule has 2 aromatic rings. The number of sulfonamides is 1. The molecule has 0 amide bonds. The lowest BCUT2D eigenvalue weighted by Crippen LogP contribution is -2.27. The van der Waals surface area contributed by atoms with E-state index in [9.17, 15) is 18.5 Å². The number of anilines is 2. The highest BCUT2D eigenvalue weighted by atomic mass is 32.2. The van der Waals surface area contributed by atoms with Gasteiger partial charge in [-0.3, -0.25) is 14.4 Å². The maximum Gasteiger partial charge on any atom is 0.289 e. The van der Waals surface area contributed by atoms with E-state index in [-0.39, 0.29) is 4.90 Å². The summed E-state index contributed by atoms with van der Waals surface area (Å²) in [5.41, 5.74) is 1.09. The van der Waals surface area contributed by atoms with E-state index in [2.05, 4.69) is 4.90 Å². The topological polar surface area (TPSA) is 83.8 Å². The number of para-hydroxylation sites is 1. The second kappa shape index (κ2) is 6.72. The Morgan fingerprint density at radius 3 is 2.24 bits per heavy atom. The molecule has 7 nitrogen and oxygen atoms in total. The first-order chi connectivity index (χ1) is 11.9. The summed E-state index contributed by atoms with van der Waals surface area (Å²) in [7, 11) is -2.62. The van der Waals surface area contributed by atoms with Crippen molar-refractivity contribution in [1.29, 1.82) is 0 Å². The maximum atomic E-state index is 12.8. The summed E-state index contributed by atoms with van der Waals surface area (Å²) in [6.45, 7) is 2.01. The van der Waals surface area contributed by atoms with Crippen molar-refractivity contribution in [2.24, 2.45) is 0 Å². The number of nitro benzene ring substituents is 1. The van der Waals surface area contributed by atoms with E-state index >= 15 is 0 Å². The van der Waals surface area contributed by atoms with E-state index < -0.39 is 20.6 Å². The summed E-state index contributed by atoms with van der Waals surface area (Å²) in [4.78, 5) is 12.4. The van der Waals surface area contributed by atoms with Gasteiger partial charge < -0.3 is 4.90 Å². The fraction of sp³-hybridized carbons (Fsp3) is 0.294. The molecule has 1 aliphatic rings. The smallest absolute Gasteiger partial charge is 0.289 e. The summed E-state index contributed by atoms with van der Waals surface area (Å²) in [6, 6.07) is 12.6. The minimum absolute atomic E-state index is 0.314. The van der Waals surface area contributed by atoms with Crippen molar-refractivity contribution in [2.75, 3.05) is 29.3 Å². The first-order valence-electron chi connectivity index (χ1n) is 7.98. The van der Waals surface area contributed by atoms with Gasteiger partial charge in [0, 0.05) is 31.9 Å². The predicted molar refractivity (Wildman–Crippen MR) is 96.6 cm³/mol. The van der Waals surface area contributed by atoms with Gasteiger partial charge in [0.05, 0.1) is 10.6 Å². The van der Waals surface area contributed by atoms with Crippen LogP contribution in [0.15, 0.2) is 53.4 Å². The van der Waals surface area contributed by atoms with Crippen LogP contribution in [0.1, 0.15) is 12.8 Å². The quantitative estimate of drug-likeness (QED) is 0.604. The Hall–Kier alpha value is -2.61. The van der Waals surface area contributed by atoms with Gasteiger partial charge in [-0.1, -0.05) is 12.1 Å². The Kier molecular flexibility index (Phi) is 4.63. The van der Waals surface area contributed by atoms with E-state index in [1.54, 1.807) is 12.1 Å². The summed E-state index contributed by atoms with van der Waals surface area (Å²) in [5, 5.41) is 11.1. The molecular formula is C17H19N3O4S. The van der Waals surface area contributed by atoms with Crippen LogP contribution in [-0.2, 0) is 10.0 Å². The second-order valence-electron chi connectivity index (χ2n) is 5.91. The van der Waals surface area contributed by atoms with Crippen LogP contribution in [0.3, 0.4) is 0 Å². The average Bonchev–Trinajstić information content (AvgIpc) is 3.16. The van der Waals surface area contributed by atoms with Crippen molar-refractivity contribution in [2.45, 2.75) is 17.7 Å². The van der Waals surface area contributed by atoms with E-state index in [0.717, 1.165) is 35.9 Å². The number of hydrogen-bond donors (Lipinski definition) is 0. The molecule has 8 heteroatoms. The van der Waals surface area contributed by atoms with E-state index in [0.29, 0.717) is 5.69 Å². The van der Waals surface area contributed by atoms with Gasteiger partial charge in [-0.2, -0.15) is 0 Å². The van der Waals surface area contributed by atoms with Gasteiger partial charge in [0.1, 0.15) is 0 Å². The molecular weight excluding hydrogens is 342 g/mol. The third-order valence-electron chi connectivity index (χ3n) is 4.38. The third kappa shape index (κ3) is 3.30. The minimum atomic E-state index is -4.02. The van der Waals surface area contributed by atoms with Crippen LogP contribution < -0.4 is 9.21 Å². The monoisotopic (exact) mass is 361 g/mol. The van der Waals surface area contributed by atoms with E-state index in [1.807, 2.05) is 12.1 Å². The van der Waals surface area contributed by atoms with Gasteiger partial charge in [0.2, 0.25) is 0 Å². The first-order valence-corrected chi connectivity index (χ1v) is 9.42. The zero-order chi connectivity index (χ0) is 18.0. The molecule has 1 aliphatic heterocycles. The van der Waals surface area contributed by atoms with E-state index in [4.69, 9.17) is 0 Å². The molecule has 0 radical (unpaired) electrons. The number of nitro groups is 1. The lowest BCUT2D eigenvalue weighted by atomic mass is 10.2. The van der Waals surface area contributed by atoms with Crippen LogP contribution in [0.2, 0.25) is 0 Å². The van der Waals surface area contributed by atoms with Crippen LogP contribution in [0.4, 0.5) is 17.1 Å². The third-order valence-corrected chi connectivity index (χ3v) is 6.22. The Labute approximate surface area is 146 Å². The molecule has 0 unspecified atom stereocenters. The SMILES string of the molecule is CN(c1ccc(N2CCCC2)cc1)S(=O)(=O)c1ccccc1[N+](=O)[O-]. The van der Waals surface area contributed by atoms with Gasteiger partial charge in [0.15, 0.2) is 4.90 Å². The molecule has 132 valence electrons. The number of rotatable bonds is 5. The van der Waals surface area contributed by atoms with Crippen molar-refractivity contribution < 1.29 is 13.3 Å². The lowest BCUT2D eigenvalue weighted by molar-refractivity contribution is -0.387. The highest BCUT2D eigenvalue weighted by Gasteiger charge is 2.29. The summed E-state index contributed by atoms with van der Waals surface area (Å²) < 4.78 is 26.7. The number of nitrogens with zero attached hydrogens (tertiary/aromatic N) is 3. The van der Waals surface area contributed by atoms with Gasteiger partial charge in [-0.15, -0.1) is 0 Å². The van der Waals surface area contributed by atoms with Crippen molar-refractivity contribution in [3.8, 4) is 0 Å². The van der Waals surface area contributed by atoms with Gasteiger partial charge >= 0.3 is 0 Å². The van der Waals surface area contributed by atoms with Crippen molar-refractivity contribution in [1.82, 2.24) is 0 Å². The van der Waals surface area contributed by atoms with Crippen molar-refractivity contribution in [3.63, 3.8) is 0 Å². The Morgan fingerprint density at radius 1 is 1.04 bits per heavy atom. The Bertz CT molecular complexity index is 875. The molecule has 3 rings (SSSR count). The molecule has 0 saturated carbocycles. The molecule has 1 fully saturated rings. The normalized spacial score (nSPS) is 14.5. The molecule has 0 atom stereocenters. The van der Waals surface area contributed by atoms with Crippen molar-refractivity contribution in [3.05, 3.63) is 58.6 Å². The van der Waals surface area contributed by atoms with Crippen LogP contribution in [0, 0.1) is 10.1 Å². The molecule has 0 N–H and O–H groups in total. The molecule has 25 heavy (non-hydrogen) atoms. The zero-order valence-corrected chi connectivity index (χ0v) is 14.6. The first kappa shape index (κ1) is 17.2. The van der Waals surface area contributed by atoms with Gasteiger partial charge in [0.25, 0.3) is 15.7 Å². The van der Waals surface area contributed by atoms with Gasteiger partial charge in [-0.25, -0.2) is 8.42 Å². The van der Waals surface area contributed by atoms with Crippen LogP contribution in [-0.4, -0.2) is 33.5 Å². The lowest BCUT2D eigenvalue weighted by Gasteiger charge is -2.22. The van der Waals surface area contributed by atoms with Crippen LogP contribution >= 0.6 is 0 Å². The Balaban J connectivity index is 1.91. The summed E-state index contributed by atoms with van der Waals surface area (Å²) in [6.07, 6.45) is 2.32. The van der Waals surface area contributed by atoms with Gasteiger partial charge in [-0.05, 0) is 43.2 Å². The van der Waals surface area contributed by atoms with E-state index in [1.165, 1.54) is 31.3 Å². The standard InChI is InChI=1S/C17H19N3O4S/c1-18(14-8-10-15(11-9-14)19-12-4-5-13-19)25(23,24)17-7-3-2-6-16(17)20(21)22/h2-3,6-11H,4-5,12-13H2,1H3. The zero-order valence-electron chi connectivity index (χ0n) is 13.8. The second-order valence-corrected chi connectivity index (χ2v) is 7.85. The molecule has 0 bridgehead atoms. The fourth-order valence-electron chi connectivity index (χ4n) is 2.96. The highest BCUT2D eigenvalue weighted by Crippen LogP contribution is 2.30. The van der Waals surface area contributed by atoms with Crippen molar-refractivity contribution >= 4 is 27.1 Å². The summed E-state index contributed by atoms with van der Waals surface area (Å²) in [5.74, 6) is 0. The summed E-state index contributed by atoms with van der Waals surface area (Å²) >= 11 is 0. The fourth-order valence-corrected chi connectivity index (χ4v) is 4.31. The highest BCUT2D eigenvalue weighted by molar-refractivity contribution is 7.93. The minimum Gasteiger partial charge on any atom is -0.372 e. The maximum absolute atomic E-state index is 12.8. The molecule has 1 saturated heterocycles. The molecule has 0 aromatic heterocycles. The molecule has 0 aliphatic carbocycles. The predicted octanol–water partition coefficient (Wildman–Crippen LogP) is 3.02. The van der Waals surface area contributed by atoms with Crippen LogP contribution in [0.25, 0.3) is 0 Å². The number of benzene rings is 2. The Morgan fingerprint density at radius 2 is 1.64 bits per heavy atom. The molecule has 1 heterocycles. The molecule has 0 spiro atoms. The number of hydrogen-bond acceptors (Lipinski definition) is 5. The molecule has 2 aromatic carbocycles. The largest absolute Gasteiger partial charge is 0.372 e. The average molecular weight is 361 g/mol. The van der Waals surface area contributed by atoms with Crippen LogP contribution in [0.5, 0.6) is 0 Å².